The molecule has 2 N–H and O–H groups in total. The molecule has 0 unspecified atom stereocenters. The van der Waals surface area contributed by atoms with Gasteiger partial charge < -0.3 is 10.6 Å². The van der Waals surface area contributed by atoms with Gasteiger partial charge in [0.25, 0.3) is 0 Å². The van der Waals surface area contributed by atoms with E-state index in [-0.39, 0.29) is 5.54 Å². The Hall–Kier alpha value is -1.13. The van der Waals surface area contributed by atoms with Gasteiger partial charge in [0.1, 0.15) is 5.82 Å². The van der Waals surface area contributed by atoms with Crippen LogP contribution < -0.4 is 10.6 Å². The Morgan fingerprint density at radius 1 is 1.33 bits per heavy atom. The largest absolute Gasteiger partial charge is 0.353 e. The monoisotopic (exact) mass is 248 g/mol. The highest BCUT2D eigenvalue weighted by molar-refractivity contribution is 5.43. The third-order valence-corrected chi connectivity index (χ3v) is 4.04. The number of pyridine rings is 1. The molecule has 0 atom stereocenters. The highest BCUT2D eigenvalue weighted by Gasteiger charge is 2.31. The molecule has 100 valence electrons. The van der Waals surface area contributed by atoms with E-state index in [1.54, 1.807) is 0 Å². The molecule has 0 bridgehead atoms. The molecule has 1 fully saturated rings. The van der Waals surface area contributed by atoms with E-state index in [1.165, 1.54) is 0 Å². The summed E-state index contributed by atoms with van der Waals surface area (Å²) in [5, 5.41) is 0. The summed E-state index contributed by atoms with van der Waals surface area (Å²) in [4.78, 5) is 9.46. The van der Waals surface area contributed by atoms with Crippen molar-refractivity contribution in [1.82, 2.24) is 9.88 Å². The number of aryl methyl sites for hydroxylation is 1. The molecule has 1 aliphatic rings. The summed E-state index contributed by atoms with van der Waals surface area (Å²) in [6, 6.07) is 4.19. The van der Waals surface area contributed by atoms with Crippen molar-refractivity contribution in [2.45, 2.75) is 32.9 Å². The molecule has 2 heterocycles. The maximum Gasteiger partial charge on any atom is 0.128 e. The van der Waals surface area contributed by atoms with Crippen LogP contribution in [0, 0.1) is 6.92 Å². The number of piperazine rings is 1. The zero-order valence-corrected chi connectivity index (χ0v) is 11.9. The number of rotatable bonds is 2. The molecule has 0 radical (unpaired) electrons. The first-order valence-electron chi connectivity index (χ1n) is 6.57. The second-order valence-electron chi connectivity index (χ2n) is 5.77. The van der Waals surface area contributed by atoms with Crippen LogP contribution >= 0.6 is 0 Å². The van der Waals surface area contributed by atoms with Gasteiger partial charge in [-0.25, -0.2) is 4.98 Å². The predicted molar refractivity (Wildman–Crippen MR) is 75.8 cm³/mol. The van der Waals surface area contributed by atoms with Crippen molar-refractivity contribution in [3.63, 3.8) is 0 Å². The van der Waals surface area contributed by atoms with Gasteiger partial charge in [0, 0.05) is 37.4 Å². The molecule has 0 aliphatic carbocycles. The highest BCUT2D eigenvalue weighted by atomic mass is 15.3. The van der Waals surface area contributed by atoms with Crippen LogP contribution in [0.5, 0.6) is 0 Å². The summed E-state index contributed by atoms with van der Waals surface area (Å²) in [5.41, 5.74) is 8.05. The molecule has 1 aromatic rings. The first-order chi connectivity index (χ1) is 8.44. The minimum absolute atomic E-state index is 0.195. The fraction of sp³-hybridized carbons (Fsp3) is 0.643. The maximum absolute atomic E-state index is 5.68. The lowest BCUT2D eigenvalue weighted by Gasteiger charge is -2.45. The van der Waals surface area contributed by atoms with Crippen LogP contribution in [0.25, 0.3) is 0 Å². The van der Waals surface area contributed by atoms with Crippen molar-refractivity contribution in [2.24, 2.45) is 5.73 Å². The third-order valence-electron chi connectivity index (χ3n) is 4.04. The average molecular weight is 248 g/mol. The molecule has 1 aromatic heterocycles. The molecule has 0 spiro atoms. The van der Waals surface area contributed by atoms with Crippen LogP contribution in [0.1, 0.15) is 25.1 Å². The standard InChI is InChI=1S/C14H24N4/c1-11-12(9-15)5-6-13(16-11)18-8-7-17(4)14(2,3)10-18/h5-6H,7-10,15H2,1-4H3. The zero-order valence-electron chi connectivity index (χ0n) is 11.9. The van der Waals surface area contributed by atoms with E-state index in [2.05, 4.69) is 47.8 Å². The second-order valence-corrected chi connectivity index (χ2v) is 5.77. The van der Waals surface area contributed by atoms with E-state index >= 15 is 0 Å². The Morgan fingerprint density at radius 2 is 2.06 bits per heavy atom. The topological polar surface area (TPSA) is 45.4 Å². The third kappa shape index (κ3) is 2.49. The van der Waals surface area contributed by atoms with Crippen LogP contribution in [0.2, 0.25) is 0 Å². The summed E-state index contributed by atoms with van der Waals surface area (Å²) < 4.78 is 0. The van der Waals surface area contributed by atoms with Gasteiger partial charge in [0.2, 0.25) is 0 Å². The number of nitrogens with zero attached hydrogens (tertiary/aromatic N) is 3. The lowest BCUT2D eigenvalue weighted by Crippen LogP contribution is -2.57. The molecule has 1 aliphatic heterocycles. The summed E-state index contributed by atoms with van der Waals surface area (Å²) >= 11 is 0. The van der Waals surface area contributed by atoms with E-state index in [1.807, 2.05) is 6.92 Å². The van der Waals surface area contributed by atoms with E-state index < -0.39 is 0 Å². The van der Waals surface area contributed by atoms with E-state index in [0.717, 1.165) is 36.7 Å². The summed E-state index contributed by atoms with van der Waals surface area (Å²) in [7, 11) is 2.19. The molecular formula is C14H24N4. The normalized spacial score (nSPS) is 20.2. The zero-order chi connectivity index (χ0) is 13.3. The number of aromatic nitrogens is 1. The Balaban J connectivity index is 2.20. The Morgan fingerprint density at radius 3 is 2.61 bits per heavy atom. The van der Waals surface area contributed by atoms with E-state index in [4.69, 9.17) is 5.73 Å². The van der Waals surface area contributed by atoms with Crippen molar-refractivity contribution >= 4 is 5.82 Å². The van der Waals surface area contributed by atoms with Crippen LogP contribution in [-0.2, 0) is 6.54 Å². The molecule has 0 saturated carbocycles. The van der Waals surface area contributed by atoms with Crippen LogP contribution in [0.4, 0.5) is 5.82 Å². The van der Waals surface area contributed by atoms with Gasteiger partial charge in [-0.1, -0.05) is 6.07 Å². The van der Waals surface area contributed by atoms with Crippen LogP contribution in [0.3, 0.4) is 0 Å². The number of hydrogen-bond acceptors (Lipinski definition) is 4. The van der Waals surface area contributed by atoms with E-state index in [9.17, 15) is 0 Å². The fourth-order valence-electron chi connectivity index (χ4n) is 2.40. The molecule has 1 saturated heterocycles. The summed E-state index contributed by atoms with van der Waals surface area (Å²) in [6.07, 6.45) is 0. The Labute approximate surface area is 110 Å². The van der Waals surface area contributed by atoms with Crippen molar-refractivity contribution < 1.29 is 0 Å². The van der Waals surface area contributed by atoms with Gasteiger partial charge in [-0.2, -0.15) is 0 Å². The van der Waals surface area contributed by atoms with Gasteiger partial charge in [-0.3, -0.25) is 4.90 Å². The molecule has 4 heteroatoms. The number of hydrogen-bond donors (Lipinski definition) is 1. The van der Waals surface area contributed by atoms with Gasteiger partial charge in [-0.05, 0) is 39.4 Å². The number of nitrogens with two attached hydrogens (primary N) is 1. The van der Waals surface area contributed by atoms with Crippen LogP contribution in [0.15, 0.2) is 12.1 Å². The van der Waals surface area contributed by atoms with Crippen molar-refractivity contribution in [3.05, 3.63) is 23.4 Å². The van der Waals surface area contributed by atoms with Gasteiger partial charge in [0.15, 0.2) is 0 Å². The predicted octanol–water partition coefficient (Wildman–Crippen LogP) is 1.38. The lowest BCUT2D eigenvalue weighted by molar-refractivity contribution is 0.138. The minimum Gasteiger partial charge on any atom is -0.353 e. The maximum atomic E-state index is 5.68. The highest BCUT2D eigenvalue weighted by Crippen LogP contribution is 2.23. The molecule has 0 aromatic carbocycles. The number of anilines is 1. The SMILES string of the molecule is Cc1nc(N2CCN(C)C(C)(C)C2)ccc1CN. The molecule has 2 rings (SSSR count). The number of likely N-dealkylation sites (N-methyl/N-ethyl adjacent to an activating group) is 1. The van der Waals surface area contributed by atoms with Crippen molar-refractivity contribution in [1.29, 1.82) is 0 Å². The molecular weight excluding hydrogens is 224 g/mol. The van der Waals surface area contributed by atoms with Crippen LogP contribution in [-0.4, -0.2) is 42.1 Å². The smallest absolute Gasteiger partial charge is 0.128 e. The van der Waals surface area contributed by atoms with Gasteiger partial charge >= 0.3 is 0 Å². The Kier molecular flexibility index (Phi) is 3.59. The summed E-state index contributed by atoms with van der Waals surface area (Å²) in [5.74, 6) is 1.07. The Bertz CT molecular complexity index is 428. The first kappa shape index (κ1) is 13.3. The quantitative estimate of drug-likeness (QED) is 0.859. The van der Waals surface area contributed by atoms with Gasteiger partial charge in [-0.15, -0.1) is 0 Å². The van der Waals surface area contributed by atoms with E-state index in [0.29, 0.717) is 6.54 Å². The average Bonchev–Trinajstić information content (AvgIpc) is 2.32. The minimum atomic E-state index is 0.195. The van der Waals surface area contributed by atoms with Gasteiger partial charge in [0.05, 0.1) is 0 Å². The van der Waals surface area contributed by atoms with Crippen molar-refractivity contribution in [2.75, 3.05) is 31.6 Å². The van der Waals surface area contributed by atoms with Crippen molar-refractivity contribution in [3.8, 4) is 0 Å². The summed E-state index contributed by atoms with van der Waals surface area (Å²) in [6.45, 7) is 10.3. The fourth-order valence-corrected chi connectivity index (χ4v) is 2.40. The molecule has 18 heavy (non-hydrogen) atoms. The first-order valence-corrected chi connectivity index (χ1v) is 6.57. The molecule has 4 nitrogen and oxygen atoms in total. The lowest BCUT2D eigenvalue weighted by atomic mass is 10.00. The second kappa shape index (κ2) is 4.86. The molecule has 0 amide bonds.